The van der Waals surface area contributed by atoms with Gasteiger partial charge in [0.05, 0.1) is 0 Å². The minimum absolute atomic E-state index is 0.0737. The van der Waals surface area contributed by atoms with Crippen molar-refractivity contribution >= 4 is 33.6 Å². The SMILES string of the molecule is CCCn1cc(Br)cc1C(=O)Nc1nccnc1C(=O)O. The molecule has 2 aromatic heterocycles. The molecule has 2 N–H and O–H groups in total. The van der Waals surface area contributed by atoms with E-state index in [4.69, 9.17) is 5.11 Å². The Morgan fingerprint density at radius 1 is 1.38 bits per heavy atom. The van der Waals surface area contributed by atoms with Gasteiger partial charge in [0.2, 0.25) is 0 Å². The molecule has 0 radical (unpaired) electrons. The molecule has 21 heavy (non-hydrogen) atoms. The first-order valence-electron chi connectivity index (χ1n) is 6.24. The Balaban J connectivity index is 2.28. The minimum Gasteiger partial charge on any atom is -0.476 e. The Hall–Kier alpha value is -2.22. The van der Waals surface area contributed by atoms with Gasteiger partial charge < -0.3 is 15.0 Å². The lowest BCUT2D eigenvalue weighted by Gasteiger charge is -2.09. The van der Waals surface area contributed by atoms with Crippen LogP contribution in [0, 0.1) is 0 Å². The van der Waals surface area contributed by atoms with Crippen molar-refractivity contribution in [2.75, 3.05) is 5.32 Å². The highest BCUT2D eigenvalue weighted by Crippen LogP contribution is 2.17. The van der Waals surface area contributed by atoms with Gasteiger partial charge in [-0.2, -0.15) is 0 Å². The molecular weight excluding hydrogens is 340 g/mol. The maximum Gasteiger partial charge on any atom is 0.358 e. The van der Waals surface area contributed by atoms with Gasteiger partial charge in [0.25, 0.3) is 5.91 Å². The normalized spacial score (nSPS) is 10.4. The number of carboxylic acid groups (broad SMARTS) is 1. The minimum atomic E-state index is -1.25. The molecule has 0 aromatic carbocycles. The van der Waals surface area contributed by atoms with E-state index >= 15 is 0 Å². The molecule has 1 amide bonds. The monoisotopic (exact) mass is 352 g/mol. The maximum absolute atomic E-state index is 12.3. The third kappa shape index (κ3) is 3.46. The predicted octanol–water partition coefficient (Wildman–Crippen LogP) is 2.40. The summed E-state index contributed by atoms with van der Waals surface area (Å²) in [5, 5.41) is 11.5. The standard InChI is InChI=1S/C13H13BrN4O3/c1-2-5-18-7-8(14)6-9(18)12(19)17-11-10(13(20)21)15-3-4-16-11/h3-4,6-7H,2,5H2,1H3,(H,20,21)(H,16,17,19). The highest BCUT2D eigenvalue weighted by molar-refractivity contribution is 9.10. The van der Waals surface area contributed by atoms with Crippen LogP contribution in [0.15, 0.2) is 29.1 Å². The van der Waals surface area contributed by atoms with Crippen LogP contribution in [0.5, 0.6) is 0 Å². The molecule has 110 valence electrons. The van der Waals surface area contributed by atoms with E-state index in [0.29, 0.717) is 12.2 Å². The van der Waals surface area contributed by atoms with Crippen LogP contribution in [0.25, 0.3) is 0 Å². The van der Waals surface area contributed by atoms with Crippen molar-refractivity contribution < 1.29 is 14.7 Å². The first-order chi connectivity index (χ1) is 10.0. The van der Waals surface area contributed by atoms with Crippen molar-refractivity contribution in [2.24, 2.45) is 0 Å². The second kappa shape index (κ2) is 6.49. The molecule has 2 aromatic rings. The summed E-state index contributed by atoms with van der Waals surface area (Å²) in [5.41, 5.74) is 0.129. The van der Waals surface area contributed by atoms with Crippen molar-refractivity contribution in [3.63, 3.8) is 0 Å². The Labute approximate surface area is 129 Å². The van der Waals surface area contributed by atoms with E-state index in [2.05, 4.69) is 31.2 Å². The fourth-order valence-electron chi connectivity index (χ4n) is 1.85. The second-order valence-corrected chi connectivity index (χ2v) is 5.17. The molecule has 7 nitrogen and oxygen atoms in total. The van der Waals surface area contributed by atoms with Crippen LogP contribution in [0.3, 0.4) is 0 Å². The Morgan fingerprint density at radius 2 is 2.10 bits per heavy atom. The molecule has 0 bridgehead atoms. The van der Waals surface area contributed by atoms with Gasteiger partial charge >= 0.3 is 5.97 Å². The number of aryl methyl sites for hydroxylation is 1. The highest BCUT2D eigenvalue weighted by atomic mass is 79.9. The number of anilines is 1. The summed E-state index contributed by atoms with van der Waals surface area (Å²) in [4.78, 5) is 30.9. The van der Waals surface area contributed by atoms with Crippen molar-refractivity contribution in [1.82, 2.24) is 14.5 Å². The maximum atomic E-state index is 12.3. The van der Waals surface area contributed by atoms with Gasteiger partial charge in [-0.3, -0.25) is 4.79 Å². The zero-order valence-corrected chi connectivity index (χ0v) is 12.8. The van der Waals surface area contributed by atoms with E-state index in [0.717, 1.165) is 10.9 Å². The molecule has 0 aliphatic heterocycles. The van der Waals surface area contributed by atoms with E-state index < -0.39 is 11.9 Å². The topological polar surface area (TPSA) is 97.1 Å². The quantitative estimate of drug-likeness (QED) is 0.860. The summed E-state index contributed by atoms with van der Waals surface area (Å²) in [6.45, 7) is 2.68. The van der Waals surface area contributed by atoms with Crippen LogP contribution in [0.4, 0.5) is 5.82 Å². The lowest BCUT2D eigenvalue weighted by atomic mass is 10.3. The molecule has 0 saturated carbocycles. The smallest absolute Gasteiger partial charge is 0.358 e. The van der Waals surface area contributed by atoms with Crippen molar-refractivity contribution in [3.8, 4) is 0 Å². The molecule has 0 spiro atoms. The van der Waals surface area contributed by atoms with Crippen LogP contribution in [0.2, 0.25) is 0 Å². The zero-order chi connectivity index (χ0) is 15.4. The lowest BCUT2D eigenvalue weighted by Crippen LogP contribution is -2.20. The number of amides is 1. The molecule has 0 aliphatic carbocycles. The summed E-state index contributed by atoms with van der Waals surface area (Å²) >= 11 is 3.32. The fraction of sp³-hybridized carbons (Fsp3) is 0.231. The molecule has 2 rings (SSSR count). The average Bonchev–Trinajstić information content (AvgIpc) is 2.80. The van der Waals surface area contributed by atoms with Crippen LogP contribution >= 0.6 is 15.9 Å². The summed E-state index contributed by atoms with van der Waals surface area (Å²) in [5.74, 6) is -1.75. The predicted molar refractivity (Wildman–Crippen MR) is 79.4 cm³/mol. The van der Waals surface area contributed by atoms with E-state index in [1.165, 1.54) is 12.4 Å². The van der Waals surface area contributed by atoms with Crippen LogP contribution in [-0.4, -0.2) is 31.5 Å². The van der Waals surface area contributed by atoms with Gasteiger partial charge in [0, 0.05) is 29.6 Å². The molecule has 0 unspecified atom stereocenters. The van der Waals surface area contributed by atoms with Crippen molar-refractivity contribution in [1.29, 1.82) is 0 Å². The molecule has 0 saturated heterocycles. The van der Waals surface area contributed by atoms with Crippen LogP contribution in [-0.2, 0) is 6.54 Å². The number of halogens is 1. The molecule has 2 heterocycles. The summed E-state index contributed by atoms with van der Waals surface area (Å²) in [7, 11) is 0. The van der Waals surface area contributed by atoms with Crippen molar-refractivity contribution in [2.45, 2.75) is 19.9 Å². The third-order valence-electron chi connectivity index (χ3n) is 2.69. The Bertz CT molecular complexity index is 684. The molecule has 0 aliphatic rings. The van der Waals surface area contributed by atoms with E-state index in [9.17, 15) is 9.59 Å². The Morgan fingerprint density at radius 3 is 2.76 bits per heavy atom. The third-order valence-corrected chi connectivity index (χ3v) is 3.13. The first-order valence-corrected chi connectivity index (χ1v) is 7.03. The fourth-order valence-corrected chi connectivity index (χ4v) is 2.31. The summed E-state index contributed by atoms with van der Waals surface area (Å²) < 4.78 is 2.56. The van der Waals surface area contributed by atoms with E-state index in [-0.39, 0.29) is 11.5 Å². The van der Waals surface area contributed by atoms with Crippen LogP contribution < -0.4 is 5.32 Å². The molecular formula is C13H13BrN4O3. The number of nitrogens with zero attached hydrogens (tertiary/aromatic N) is 3. The number of rotatable bonds is 5. The average molecular weight is 353 g/mol. The number of carboxylic acids is 1. The zero-order valence-electron chi connectivity index (χ0n) is 11.2. The number of carbonyl (C=O) groups is 2. The van der Waals surface area contributed by atoms with Gasteiger partial charge in [-0.15, -0.1) is 0 Å². The number of hydrogen-bond acceptors (Lipinski definition) is 4. The number of hydrogen-bond donors (Lipinski definition) is 2. The number of carbonyl (C=O) groups excluding carboxylic acids is 1. The molecule has 8 heteroatoms. The van der Waals surface area contributed by atoms with Crippen LogP contribution in [0.1, 0.15) is 34.3 Å². The first kappa shape index (κ1) is 15.2. The van der Waals surface area contributed by atoms with Gasteiger partial charge in [0.15, 0.2) is 11.5 Å². The second-order valence-electron chi connectivity index (χ2n) is 4.25. The summed E-state index contributed by atoms with van der Waals surface area (Å²) in [6.07, 6.45) is 5.25. The number of aromatic carboxylic acids is 1. The highest BCUT2D eigenvalue weighted by Gasteiger charge is 2.18. The number of nitrogens with one attached hydrogen (secondary N) is 1. The van der Waals surface area contributed by atoms with Gasteiger partial charge in [-0.25, -0.2) is 14.8 Å². The van der Waals surface area contributed by atoms with Crippen molar-refractivity contribution in [3.05, 3.63) is 40.5 Å². The van der Waals surface area contributed by atoms with E-state index in [1.807, 2.05) is 6.92 Å². The van der Waals surface area contributed by atoms with Gasteiger partial charge in [0.1, 0.15) is 5.69 Å². The molecule has 0 fully saturated rings. The molecule has 0 atom stereocenters. The largest absolute Gasteiger partial charge is 0.476 e. The van der Waals surface area contributed by atoms with Gasteiger partial charge in [-0.1, -0.05) is 6.92 Å². The van der Waals surface area contributed by atoms with E-state index in [1.54, 1.807) is 16.8 Å². The summed E-state index contributed by atoms with van der Waals surface area (Å²) in [6, 6.07) is 1.67. The number of aromatic nitrogens is 3. The Kier molecular flexibility index (Phi) is 4.69. The lowest BCUT2D eigenvalue weighted by molar-refractivity contribution is 0.0691. The van der Waals surface area contributed by atoms with Gasteiger partial charge in [-0.05, 0) is 28.4 Å².